The maximum absolute atomic E-state index is 12.5. The van der Waals surface area contributed by atoms with Gasteiger partial charge in [0.25, 0.3) is 0 Å². The van der Waals surface area contributed by atoms with Crippen LogP contribution in [0, 0.1) is 0 Å². The Morgan fingerprint density at radius 1 is 1.30 bits per heavy atom. The van der Waals surface area contributed by atoms with Crippen molar-refractivity contribution in [2.24, 2.45) is 0 Å². The molecule has 1 atom stereocenters. The molecule has 0 radical (unpaired) electrons. The van der Waals surface area contributed by atoms with Crippen LogP contribution in [0.5, 0.6) is 0 Å². The van der Waals surface area contributed by atoms with Gasteiger partial charge in [-0.2, -0.15) is 13.2 Å². The minimum atomic E-state index is -4.38. The van der Waals surface area contributed by atoms with Crippen molar-refractivity contribution in [2.45, 2.75) is 44.9 Å². The minimum absolute atomic E-state index is 0.0542. The largest absolute Gasteiger partial charge is 0.417 e. The van der Waals surface area contributed by atoms with Gasteiger partial charge in [0.2, 0.25) is 0 Å². The number of nitrogens with one attached hydrogen (secondary N) is 2. The van der Waals surface area contributed by atoms with E-state index >= 15 is 0 Å². The Kier molecular flexibility index (Phi) is 4.72. The van der Waals surface area contributed by atoms with Crippen molar-refractivity contribution >= 4 is 11.8 Å². The number of aromatic nitrogens is 1. The number of carbonyl (C=O) groups excluding carboxylic acids is 1. The monoisotopic (exact) mass is 330 g/mol. The Hall–Kier alpha value is -1.99. The first kappa shape index (κ1) is 17.4. The number of carbonyl (C=O) groups is 1. The third kappa shape index (κ3) is 5.01. The van der Waals surface area contributed by atoms with E-state index < -0.39 is 11.7 Å². The number of alkyl halides is 3. The van der Waals surface area contributed by atoms with Crippen LogP contribution < -0.4 is 15.5 Å². The van der Waals surface area contributed by atoms with Crippen LogP contribution in [-0.2, 0) is 6.18 Å². The molecule has 0 bridgehead atoms. The van der Waals surface area contributed by atoms with Crippen molar-refractivity contribution in [3.05, 3.63) is 23.9 Å². The van der Waals surface area contributed by atoms with E-state index in [2.05, 4.69) is 15.6 Å². The molecule has 1 aromatic rings. The molecule has 1 aliphatic heterocycles. The fourth-order valence-corrected chi connectivity index (χ4v) is 2.39. The van der Waals surface area contributed by atoms with Crippen LogP contribution in [0.3, 0.4) is 0 Å². The van der Waals surface area contributed by atoms with E-state index in [1.54, 1.807) is 0 Å². The number of urea groups is 1. The van der Waals surface area contributed by atoms with Crippen molar-refractivity contribution in [3.8, 4) is 0 Å². The summed E-state index contributed by atoms with van der Waals surface area (Å²) in [7, 11) is 0. The first-order valence-electron chi connectivity index (χ1n) is 7.41. The first-order chi connectivity index (χ1) is 10.5. The zero-order valence-electron chi connectivity index (χ0n) is 13.4. The van der Waals surface area contributed by atoms with Gasteiger partial charge in [0.1, 0.15) is 5.82 Å². The van der Waals surface area contributed by atoms with Crippen LogP contribution in [0.25, 0.3) is 0 Å². The molecule has 1 saturated heterocycles. The van der Waals surface area contributed by atoms with Crippen molar-refractivity contribution in [2.75, 3.05) is 18.0 Å². The highest BCUT2D eigenvalue weighted by Gasteiger charge is 2.31. The van der Waals surface area contributed by atoms with Crippen molar-refractivity contribution in [3.63, 3.8) is 0 Å². The predicted octanol–water partition coefficient (Wildman–Crippen LogP) is 2.78. The fourth-order valence-electron chi connectivity index (χ4n) is 2.39. The highest BCUT2D eigenvalue weighted by atomic mass is 19.4. The van der Waals surface area contributed by atoms with E-state index in [4.69, 9.17) is 0 Å². The number of hydrogen-bond donors (Lipinski definition) is 2. The average Bonchev–Trinajstić information content (AvgIpc) is 2.84. The lowest BCUT2D eigenvalue weighted by atomic mass is 10.1. The normalized spacial score (nSPS) is 18.9. The molecule has 2 heterocycles. The van der Waals surface area contributed by atoms with Crippen molar-refractivity contribution in [1.29, 1.82) is 0 Å². The molecule has 1 fully saturated rings. The van der Waals surface area contributed by atoms with E-state index in [9.17, 15) is 18.0 Å². The molecule has 128 valence electrons. The Bertz CT molecular complexity index is 551. The summed E-state index contributed by atoms with van der Waals surface area (Å²) in [6.45, 7) is 6.83. The third-order valence-corrected chi connectivity index (χ3v) is 3.41. The van der Waals surface area contributed by atoms with Gasteiger partial charge in [-0.1, -0.05) is 0 Å². The Morgan fingerprint density at radius 2 is 2.00 bits per heavy atom. The predicted molar refractivity (Wildman–Crippen MR) is 81.3 cm³/mol. The van der Waals surface area contributed by atoms with Crippen LogP contribution in [0.2, 0.25) is 0 Å². The van der Waals surface area contributed by atoms with Crippen LogP contribution in [-0.4, -0.2) is 35.7 Å². The van der Waals surface area contributed by atoms with E-state index in [0.717, 1.165) is 18.7 Å². The van der Waals surface area contributed by atoms with Gasteiger partial charge in [-0.3, -0.25) is 0 Å². The van der Waals surface area contributed by atoms with Gasteiger partial charge in [0.15, 0.2) is 0 Å². The summed E-state index contributed by atoms with van der Waals surface area (Å²) in [5.41, 5.74) is -1.09. The molecule has 0 spiro atoms. The lowest BCUT2D eigenvalue weighted by molar-refractivity contribution is -0.137. The molecule has 0 aromatic carbocycles. The minimum Gasteiger partial charge on any atom is -0.354 e. The number of nitrogens with zero attached hydrogens (tertiary/aromatic N) is 2. The van der Waals surface area contributed by atoms with Crippen molar-refractivity contribution < 1.29 is 18.0 Å². The topological polar surface area (TPSA) is 57.3 Å². The Morgan fingerprint density at radius 3 is 2.52 bits per heavy atom. The fraction of sp³-hybridized carbons (Fsp3) is 0.600. The standard InChI is InChI=1S/C15H21F3N4O/c1-14(2,3)21-13(23)20-11-6-7-22(9-11)12-5-4-10(8-19-12)15(16,17)18/h4-5,8,11H,6-7,9H2,1-3H3,(H2,20,21,23). The molecular formula is C15H21F3N4O. The number of rotatable bonds is 2. The summed E-state index contributed by atoms with van der Waals surface area (Å²) >= 11 is 0. The molecule has 1 aromatic heterocycles. The molecule has 8 heteroatoms. The highest BCUT2D eigenvalue weighted by molar-refractivity contribution is 5.75. The molecule has 0 saturated carbocycles. The Labute approximate surface area is 133 Å². The third-order valence-electron chi connectivity index (χ3n) is 3.41. The maximum Gasteiger partial charge on any atom is 0.417 e. The van der Waals surface area contributed by atoms with E-state index in [1.807, 2.05) is 25.7 Å². The number of pyridine rings is 1. The summed E-state index contributed by atoms with van der Waals surface area (Å²) in [5, 5.41) is 5.69. The van der Waals surface area contributed by atoms with Gasteiger partial charge >= 0.3 is 12.2 Å². The summed E-state index contributed by atoms with van der Waals surface area (Å²) < 4.78 is 37.6. The molecule has 2 N–H and O–H groups in total. The molecule has 1 aliphatic rings. The van der Waals surface area contributed by atoms with Crippen LogP contribution in [0.15, 0.2) is 18.3 Å². The highest BCUT2D eigenvalue weighted by Crippen LogP contribution is 2.29. The molecule has 23 heavy (non-hydrogen) atoms. The zero-order chi connectivity index (χ0) is 17.3. The van der Waals surface area contributed by atoms with Gasteiger partial charge in [0.05, 0.1) is 5.56 Å². The summed E-state index contributed by atoms with van der Waals surface area (Å²) in [4.78, 5) is 17.6. The number of halogens is 3. The second-order valence-electron chi connectivity index (χ2n) is 6.68. The lowest BCUT2D eigenvalue weighted by Gasteiger charge is -2.23. The average molecular weight is 330 g/mol. The summed E-state index contributed by atoms with van der Waals surface area (Å²) in [6, 6.07) is 2.08. The first-order valence-corrected chi connectivity index (χ1v) is 7.41. The van der Waals surface area contributed by atoms with Crippen molar-refractivity contribution in [1.82, 2.24) is 15.6 Å². The van der Waals surface area contributed by atoms with Gasteiger partial charge in [-0.15, -0.1) is 0 Å². The second kappa shape index (κ2) is 6.25. The molecular weight excluding hydrogens is 309 g/mol. The molecule has 2 rings (SSSR count). The number of hydrogen-bond acceptors (Lipinski definition) is 3. The molecule has 0 aliphatic carbocycles. The van der Waals surface area contributed by atoms with Gasteiger partial charge in [-0.05, 0) is 39.3 Å². The quantitative estimate of drug-likeness (QED) is 0.877. The number of amides is 2. The van der Waals surface area contributed by atoms with Crippen LogP contribution >= 0.6 is 0 Å². The van der Waals surface area contributed by atoms with Crippen LogP contribution in [0.1, 0.15) is 32.8 Å². The molecule has 1 unspecified atom stereocenters. The molecule has 2 amide bonds. The second-order valence-corrected chi connectivity index (χ2v) is 6.68. The van der Waals surface area contributed by atoms with Gasteiger partial charge < -0.3 is 15.5 Å². The van der Waals surface area contributed by atoms with Gasteiger partial charge in [0, 0.05) is 30.9 Å². The van der Waals surface area contributed by atoms with E-state index in [1.165, 1.54) is 6.07 Å². The maximum atomic E-state index is 12.5. The smallest absolute Gasteiger partial charge is 0.354 e. The van der Waals surface area contributed by atoms with E-state index in [0.29, 0.717) is 18.9 Å². The number of anilines is 1. The SMILES string of the molecule is CC(C)(C)NC(=O)NC1CCN(c2ccc(C(F)(F)F)cn2)C1. The van der Waals surface area contributed by atoms with Gasteiger partial charge in [-0.25, -0.2) is 9.78 Å². The molecule has 5 nitrogen and oxygen atoms in total. The van der Waals surface area contributed by atoms with Crippen LogP contribution in [0.4, 0.5) is 23.8 Å². The zero-order valence-corrected chi connectivity index (χ0v) is 13.4. The Balaban J connectivity index is 1.91. The lowest BCUT2D eigenvalue weighted by Crippen LogP contribution is -2.50. The summed E-state index contributed by atoms with van der Waals surface area (Å²) in [5.74, 6) is 0.485. The van der Waals surface area contributed by atoms with E-state index in [-0.39, 0.29) is 17.6 Å². The summed E-state index contributed by atoms with van der Waals surface area (Å²) in [6.07, 6.45) is -2.83.